The summed E-state index contributed by atoms with van der Waals surface area (Å²) >= 11 is 0. The molecule has 0 fully saturated rings. The third-order valence-electron chi connectivity index (χ3n) is 2.13. The van der Waals surface area contributed by atoms with Gasteiger partial charge in [0.25, 0.3) is 0 Å². The Hall–Kier alpha value is -0.570. The SMILES string of the molecule is CCCC(C)C(NC(C)C)C(N)=O. The van der Waals surface area contributed by atoms with Crippen molar-refractivity contribution in [1.29, 1.82) is 0 Å². The molecule has 0 bridgehead atoms. The van der Waals surface area contributed by atoms with Gasteiger partial charge in [-0.25, -0.2) is 0 Å². The third kappa shape index (κ3) is 4.88. The molecule has 3 heteroatoms. The van der Waals surface area contributed by atoms with E-state index in [0.29, 0.717) is 12.0 Å². The topological polar surface area (TPSA) is 55.1 Å². The van der Waals surface area contributed by atoms with Crippen LogP contribution >= 0.6 is 0 Å². The second kappa shape index (κ2) is 5.97. The van der Waals surface area contributed by atoms with Crippen LogP contribution in [0.15, 0.2) is 0 Å². The van der Waals surface area contributed by atoms with Crippen LogP contribution in [0.5, 0.6) is 0 Å². The molecule has 78 valence electrons. The average molecular weight is 186 g/mol. The van der Waals surface area contributed by atoms with Crippen LogP contribution in [0.3, 0.4) is 0 Å². The summed E-state index contributed by atoms with van der Waals surface area (Å²) in [5.41, 5.74) is 5.31. The molecular weight excluding hydrogens is 164 g/mol. The normalized spacial score (nSPS) is 15.8. The first-order valence-corrected chi connectivity index (χ1v) is 5.04. The first-order chi connectivity index (χ1) is 5.99. The maximum absolute atomic E-state index is 11.1. The predicted molar refractivity (Wildman–Crippen MR) is 55.3 cm³/mol. The number of nitrogens with one attached hydrogen (secondary N) is 1. The second-order valence-electron chi connectivity index (χ2n) is 3.97. The number of primary amides is 1. The lowest BCUT2D eigenvalue weighted by Gasteiger charge is -2.24. The van der Waals surface area contributed by atoms with Crippen molar-refractivity contribution in [2.45, 2.75) is 52.6 Å². The summed E-state index contributed by atoms with van der Waals surface area (Å²) < 4.78 is 0. The van der Waals surface area contributed by atoms with Crippen LogP contribution in [0.4, 0.5) is 0 Å². The molecule has 13 heavy (non-hydrogen) atoms. The van der Waals surface area contributed by atoms with Gasteiger partial charge in [0.05, 0.1) is 6.04 Å². The van der Waals surface area contributed by atoms with Gasteiger partial charge >= 0.3 is 0 Å². The first-order valence-electron chi connectivity index (χ1n) is 5.04. The average Bonchev–Trinajstić information content (AvgIpc) is 1.99. The molecule has 3 N–H and O–H groups in total. The maximum Gasteiger partial charge on any atom is 0.234 e. The Labute approximate surface area is 81.1 Å². The van der Waals surface area contributed by atoms with Gasteiger partial charge in [-0.05, 0) is 12.3 Å². The van der Waals surface area contributed by atoms with E-state index in [1.165, 1.54) is 0 Å². The van der Waals surface area contributed by atoms with E-state index in [4.69, 9.17) is 5.73 Å². The fourth-order valence-electron chi connectivity index (χ4n) is 1.51. The lowest BCUT2D eigenvalue weighted by Crippen LogP contribution is -2.48. The Morgan fingerprint density at radius 3 is 2.23 bits per heavy atom. The van der Waals surface area contributed by atoms with Gasteiger partial charge in [0.15, 0.2) is 0 Å². The van der Waals surface area contributed by atoms with Crippen molar-refractivity contribution >= 4 is 5.91 Å². The quantitative estimate of drug-likeness (QED) is 0.656. The summed E-state index contributed by atoms with van der Waals surface area (Å²) in [7, 11) is 0. The number of carbonyl (C=O) groups is 1. The van der Waals surface area contributed by atoms with Gasteiger partial charge < -0.3 is 11.1 Å². The molecule has 2 unspecified atom stereocenters. The predicted octanol–water partition coefficient (Wildman–Crippen LogP) is 1.27. The van der Waals surface area contributed by atoms with Crippen molar-refractivity contribution in [3.05, 3.63) is 0 Å². The molecule has 0 aromatic carbocycles. The molecule has 0 spiro atoms. The van der Waals surface area contributed by atoms with Gasteiger partial charge in [-0.2, -0.15) is 0 Å². The highest BCUT2D eigenvalue weighted by Crippen LogP contribution is 2.10. The Morgan fingerprint density at radius 2 is 1.92 bits per heavy atom. The van der Waals surface area contributed by atoms with Crippen LogP contribution in [-0.4, -0.2) is 18.0 Å². The largest absolute Gasteiger partial charge is 0.368 e. The van der Waals surface area contributed by atoms with Gasteiger partial charge in [0.2, 0.25) is 5.91 Å². The van der Waals surface area contributed by atoms with Crippen molar-refractivity contribution in [2.24, 2.45) is 11.7 Å². The number of rotatable bonds is 6. The van der Waals surface area contributed by atoms with E-state index >= 15 is 0 Å². The Morgan fingerprint density at radius 1 is 1.38 bits per heavy atom. The number of nitrogens with two attached hydrogens (primary N) is 1. The van der Waals surface area contributed by atoms with Gasteiger partial charge in [0, 0.05) is 6.04 Å². The Bertz CT molecular complexity index is 157. The molecule has 0 radical (unpaired) electrons. The zero-order valence-corrected chi connectivity index (χ0v) is 9.13. The van der Waals surface area contributed by atoms with E-state index in [1.807, 2.05) is 13.8 Å². The van der Waals surface area contributed by atoms with E-state index < -0.39 is 0 Å². The highest BCUT2D eigenvalue weighted by atomic mass is 16.1. The van der Waals surface area contributed by atoms with Crippen molar-refractivity contribution in [3.8, 4) is 0 Å². The first kappa shape index (κ1) is 12.4. The fraction of sp³-hybridized carbons (Fsp3) is 0.900. The lowest BCUT2D eigenvalue weighted by atomic mass is 9.96. The van der Waals surface area contributed by atoms with Crippen molar-refractivity contribution in [3.63, 3.8) is 0 Å². The fourth-order valence-corrected chi connectivity index (χ4v) is 1.51. The minimum absolute atomic E-state index is 0.181. The number of carbonyl (C=O) groups excluding carboxylic acids is 1. The standard InChI is InChI=1S/C10H22N2O/c1-5-6-8(4)9(10(11)13)12-7(2)3/h7-9,12H,5-6H2,1-4H3,(H2,11,13). The van der Waals surface area contributed by atoms with E-state index in [9.17, 15) is 4.79 Å². The van der Waals surface area contributed by atoms with Crippen molar-refractivity contribution in [2.75, 3.05) is 0 Å². The number of hydrogen-bond acceptors (Lipinski definition) is 2. The molecular formula is C10H22N2O. The van der Waals surface area contributed by atoms with Crippen molar-refractivity contribution in [1.82, 2.24) is 5.32 Å². The van der Waals surface area contributed by atoms with Crippen LogP contribution in [0.25, 0.3) is 0 Å². The Balaban J connectivity index is 4.15. The molecule has 0 aromatic rings. The molecule has 0 aromatic heterocycles. The highest BCUT2D eigenvalue weighted by Gasteiger charge is 2.22. The van der Waals surface area contributed by atoms with E-state index in [1.54, 1.807) is 0 Å². The smallest absolute Gasteiger partial charge is 0.234 e. The molecule has 0 heterocycles. The zero-order chi connectivity index (χ0) is 10.4. The van der Waals surface area contributed by atoms with Crippen LogP contribution in [-0.2, 0) is 4.79 Å². The van der Waals surface area contributed by atoms with Gasteiger partial charge in [-0.3, -0.25) is 4.79 Å². The van der Waals surface area contributed by atoms with Gasteiger partial charge in [0.1, 0.15) is 0 Å². The van der Waals surface area contributed by atoms with E-state index in [-0.39, 0.29) is 11.9 Å². The molecule has 0 rings (SSSR count). The lowest BCUT2D eigenvalue weighted by molar-refractivity contribution is -0.121. The van der Waals surface area contributed by atoms with E-state index in [2.05, 4.69) is 19.2 Å². The van der Waals surface area contributed by atoms with E-state index in [0.717, 1.165) is 12.8 Å². The molecule has 0 aliphatic carbocycles. The zero-order valence-electron chi connectivity index (χ0n) is 9.13. The van der Waals surface area contributed by atoms with Crippen LogP contribution in [0.2, 0.25) is 0 Å². The molecule has 0 saturated carbocycles. The summed E-state index contributed by atoms with van der Waals surface area (Å²) in [5.74, 6) is 0.0829. The molecule has 0 saturated heterocycles. The molecule has 0 aliphatic rings. The molecule has 2 atom stereocenters. The van der Waals surface area contributed by atoms with Gasteiger partial charge in [-0.15, -0.1) is 0 Å². The number of hydrogen-bond donors (Lipinski definition) is 2. The highest BCUT2D eigenvalue weighted by molar-refractivity contribution is 5.80. The maximum atomic E-state index is 11.1. The third-order valence-corrected chi connectivity index (χ3v) is 2.13. The molecule has 0 aliphatic heterocycles. The van der Waals surface area contributed by atoms with Crippen molar-refractivity contribution < 1.29 is 4.79 Å². The number of amides is 1. The second-order valence-corrected chi connectivity index (χ2v) is 3.97. The van der Waals surface area contributed by atoms with Crippen LogP contribution in [0, 0.1) is 5.92 Å². The summed E-state index contributed by atoms with van der Waals surface area (Å²) in [4.78, 5) is 11.1. The minimum Gasteiger partial charge on any atom is -0.368 e. The molecule has 3 nitrogen and oxygen atoms in total. The summed E-state index contributed by atoms with van der Waals surface area (Å²) in [6.07, 6.45) is 2.12. The summed E-state index contributed by atoms with van der Waals surface area (Å²) in [6.45, 7) is 8.22. The Kier molecular flexibility index (Phi) is 5.71. The monoisotopic (exact) mass is 186 g/mol. The van der Waals surface area contributed by atoms with Crippen LogP contribution in [0.1, 0.15) is 40.5 Å². The van der Waals surface area contributed by atoms with Gasteiger partial charge in [-0.1, -0.05) is 34.1 Å². The minimum atomic E-state index is -0.241. The van der Waals surface area contributed by atoms with Crippen LogP contribution < -0.4 is 11.1 Å². The molecule has 1 amide bonds. The summed E-state index contributed by atoms with van der Waals surface area (Å²) in [6, 6.07) is 0.122. The summed E-state index contributed by atoms with van der Waals surface area (Å²) in [5, 5.41) is 3.19.